The van der Waals surface area contributed by atoms with Crippen LogP contribution in [0, 0.1) is 0 Å². The third kappa shape index (κ3) is 2.55. The molecule has 0 saturated carbocycles. The fourth-order valence-corrected chi connectivity index (χ4v) is 3.83. The molecule has 2 rings (SSSR count). The normalized spacial score (nSPS) is 22.7. The molecule has 0 amide bonds. The topological polar surface area (TPSA) is 63.4 Å². The smallest absolute Gasteiger partial charge is 0.329 e. The van der Waals surface area contributed by atoms with Crippen molar-refractivity contribution >= 4 is 15.7 Å². The van der Waals surface area contributed by atoms with Crippen LogP contribution in [0.25, 0.3) is 0 Å². The second-order valence-corrected chi connectivity index (χ2v) is 6.45. The molecule has 2 N–H and O–H groups in total. The van der Waals surface area contributed by atoms with Crippen LogP contribution in [0.5, 0.6) is 0 Å². The molecule has 1 atom stereocenters. The maximum absolute atomic E-state index is 12.4. The van der Waals surface area contributed by atoms with Crippen LogP contribution < -0.4 is 10.0 Å². The Morgan fingerprint density at radius 1 is 1.26 bits per heavy atom. The van der Waals surface area contributed by atoms with Crippen LogP contribution in [0.1, 0.15) is 12.0 Å². The number of rotatable bonds is 2. The molecule has 0 unspecified atom stereocenters. The predicted molar refractivity (Wildman–Crippen MR) is 65.2 cm³/mol. The molecule has 0 aliphatic carbocycles. The Labute approximate surface area is 109 Å². The largest absolute Gasteiger partial charge is 0.416 e. The number of nitrogens with two attached hydrogens (primary N) is 1. The first-order valence-corrected chi connectivity index (χ1v) is 7.16. The number of anilines is 1. The number of halogens is 3. The Morgan fingerprint density at radius 2 is 1.84 bits per heavy atom. The minimum Gasteiger partial charge on any atom is -0.329 e. The highest BCUT2D eigenvalue weighted by Gasteiger charge is 2.38. The Hall–Kier alpha value is -1.28. The van der Waals surface area contributed by atoms with E-state index in [-0.39, 0.29) is 18.8 Å². The second kappa shape index (κ2) is 4.68. The third-order valence-electron chi connectivity index (χ3n) is 3.13. The van der Waals surface area contributed by atoms with Gasteiger partial charge in [0.15, 0.2) is 0 Å². The first-order chi connectivity index (χ1) is 8.76. The zero-order chi connectivity index (χ0) is 14.3. The van der Waals surface area contributed by atoms with E-state index in [0.717, 1.165) is 16.4 Å². The molecule has 1 aromatic rings. The van der Waals surface area contributed by atoms with Gasteiger partial charge in [-0.2, -0.15) is 13.2 Å². The predicted octanol–water partition coefficient (Wildman–Crippen LogP) is 1.57. The lowest BCUT2D eigenvalue weighted by molar-refractivity contribution is -0.137. The van der Waals surface area contributed by atoms with Gasteiger partial charge in [-0.3, -0.25) is 4.31 Å². The summed E-state index contributed by atoms with van der Waals surface area (Å²) >= 11 is 0. The summed E-state index contributed by atoms with van der Waals surface area (Å²) in [6.07, 6.45) is -4.04. The number of benzene rings is 1. The lowest BCUT2D eigenvalue weighted by Crippen LogP contribution is -2.33. The average molecular weight is 294 g/mol. The summed E-state index contributed by atoms with van der Waals surface area (Å²) in [7, 11) is -3.55. The minimum atomic E-state index is -4.43. The molecule has 1 saturated heterocycles. The van der Waals surface area contributed by atoms with Gasteiger partial charge in [0.05, 0.1) is 16.5 Å². The van der Waals surface area contributed by atoms with Gasteiger partial charge in [-0.25, -0.2) is 8.42 Å². The van der Waals surface area contributed by atoms with Crippen LogP contribution in [-0.4, -0.2) is 26.8 Å². The Morgan fingerprint density at radius 3 is 2.26 bits per heavy atom. The van der Waals surface area contributed by atoms with Crippen LogP contribution in [0.2, 0.25) is 0 Å². The van der Waals surface area contributed by atoms with Gasteiger partial charge in [-0.1, -0.05) is 0 Å². The number of nitrogens with zero attached hydrogens (tertiary/aromatic N) is 1. The van der Waals surface area contributed by atoms with E-state index in [2.05, 4.69) is 0 Å². The number of alkyl halides is 3. The van der Waals surface area contributed by atoms with E-state index in [1.807, 2.05) is 0 Å². The zero-order valence-corrected chi connectivity index (χ0v) is 10.7. The van der Waals surface area contributed by atoms with E-state index in [9.17, 15) is 21.6 Å². The Balaban J connectivity index is 2.30. The van der Waals surface area contributed by atoms with E-state index in [4.69, 9.17) is 5.73 Å². The molecule has 0 spiro atoms. The molecule has 19 heavy (non-hydrogen) atoms. The van der Waals surface area contributed by atoms with Crippen molar-refractivity contribution in [2.24, 2.45) is 5.73 Å². The van der Waals surface area contributed by atoms with Gasteiger partial charge in [0.2, 0.25) is 10.0 Å². The van der Waals surface area contributed by atoms with Gasteiger partial charge >= 0.3 is 6.18 Å². The van der Waals surface area contributed by atoms with Crippen molar-refractivity contribution < 1.29 is 21.6 Å². The van der Waals surface area contributed by atoms with Gasteiger partial charge < -0.3 is 5.73 Å². The Kier molecular flexibility index (Phi) is 3.48. The van der Waals surface area contributed by atoms with Gasteiger partial charge in [0, 0.05) is 13.1 Å². The van der Waals surface area contributed by atoms with Crippen molar-refractivity contribution in [3.63, 3.8) is 0 Å². The van der Waals surface area contributed by atoms with Crippen molar-refractivity contribution in [2.75, 3.05) is 17.4 Å². The lowest BCUT2D eigenvalue weighted by Gasteiger charge is -2.19. The summed E-state index contributed by atoms with van der Waals surface area (Å²) in [6, 6.07) is 4.08. The molecule has 4 nitrogen and oxygen atoms in total. The highest BCUT2D eigenvalue weighted by atomic mass is 32.2. The van der Waals surface area contributed by atoms with Crippen LogP contribution in [0.4, 0.5) is 18.9 Å². The number of hydrogen-bond acceptors (Lipinski definition) is 3. The molecule has 1 aliphatic rings. The van der Waals surface area contributed by atoms with E-state index < -0.39 is 27.0 Å². The first-order valence-electron chi connectivity index (χ1n) is 5.65. The fourth-order valence-electron chi connectivity index (χ4n) is 2.05. The van der Waals surface area contributed by atoms with Gasteiger partial charge in [0.25, 0.3) is 0 Å². The SMILES string of the molecule is NC[C@H]1CCN(c2ccc(C(F)(F)F)cc2)S1(=O)=O. The summed E-state index contributed by atoms with van der Waals surface area (Å²) in [5.74, 6) is 0. The van der Waals surface area contributed by atoms with Crippen molar-refractivity contribution in [1.82, 2.24) is 0 Å². The van der Waals surface area contributed by atoms with Crippen LogP contribution in [0.3, 0.4) is 0 Å². The van der Waals surface area contributed by atoms with Crippen molar-refractivity contribution in [3.8, 4) is 0 Å². The molecule has 0 aromatic heterocycles. The summed E-state index contributed by atoms with van der Waals surface area (Å²) < 4.78 is 62.4. The van der Waals surface area contributed by atoms with Gasteiger partial charge in [-0.05, 0) is 30.7 Å². The molecule has 1 heterocycles. The lowest BCUT2D eigenvalue weighted by atomic mass is 10.2. The highest BCUT2D eigenvalue weighted by Crippen LogP contribution is 2.33. The molecule has 1 aliphatic heterocycles. The maximum Gasteiger partial charge on any atom is 0.416 e. The summed E-state index contributed by atoms with van der Waals surface area (Å²) in [5.41, 5.74) is 4.81. The quantitative estimate of drug-likeness (QED) is 0.900. The minimum absolute atomic E-state index is 0.0134. The van der Waals surface area contributed by atoms with Gasteiger partial charge in [0.1, 0.15) is 0 Å². The third-order valence-corrected chi connectivity index (χ3v) is 5.41. The Bertz CT molecular complexity index is 554. The van der Waals surface area contributed by atoms with Crippen LogP contribution >= 0.6 is 0 Å². The van der Waals surface area contributed by atoms with E-state index in [1.54, 1.807) is 0 Å². The molecule has 0 bridgehead atoms. The van der Waals surface area contributed by atoms with Crippen molar-refractivity contribution in [1.29, 1.82) is 0 Å². The molecule has 0 radical (unpaired) electrons. The van der Waals surface area contributed by atoms with Crippen LogP contribution in [0.15, 0.2) is 24.3 Å². The zero-order valence-electron chi connectivity index (χ0n) is 9.89. The maximum atomic E-state index is 12.4. The molecule has 1 aromatic carbocycles. The standard InChI is InChI=1S/C11H13F3N2O2S/c12-11(13,14)8-1-3-9(4-2-8)16-6-5-10(7-15)19(16,17)18/h1-4,10H,5-7,15H2/t10-/m1/s1. The van der Waals surface area contributed by atoms with E-state index in [1.165, 1.54) is 12.1 Å². The van der Waals surface area contributed by atoms with E-state index >= 15 is 0 Å². The van der Waals surface area contributed by atoms with E-state index in [0.29, 0.717) is 6.42 Å². The summed E-state index contributed by atoms with van der Waals surface area (Å²) in [5, 5.41) is -0.658. The molecular formula is C11H13F3N2O2S. The molecule has 8 heteroatoms. The second-order valence-electron chi connectivity index (χ2n) is 4.31. The summed E-state index contributed by atoms with van der Waals surface area (Å²) in [6.45, 7) is 0.259. The molecule has 1 fully saturated rings. The van der Waals surface area contributed by atoms with Crippen LogP contribution in [-0.2, 0) is 16.2 Å². The van der Waals surface area contributed by atoms with Crippen molar-refractivity contribution in [3.05, 3.63) is 29.8 Å². The molecular weight excluding hydrogens is 281 g/mol. The molecule has 106 valence electrons. The first kappa shape index (κ1) is 14.1. The van der Waals surface area contributed by atoms with Gasteiger partial charge in [-0.15, -0.1) is 0 Å². The highest BCUT2D eigenvalue weighted by molar-refractivity contribution is 7.93. The number of hydrogen-bond donors (Lipinski definition) is 1. The summed E-state index contributed by atoms with van der Waals surface area (Å²) in [4.78, 5) is 0. The van der Waals surface area contributed by atoms with Crippen molar-refractivity contribution in [2.45, 2.75) is 17.8 Å². The average Bonchev–Trinajstić information content (AvgIpc) is 2.63. The fraction of sp³-hybridized carbons (Fsp3) is 0.455. The monoisotopic (exact) mass is 294 g/mol. The number of sulfonamides is 1.